The van der Waals surface area contributed by atoms with Crippen LogP contribution >= 0.6 is 0 Å². The maximum absolute atomic E-state index is 12.1. The molecule has 1 heterocycles. The Kier molecular flexibility index (Phi) is 3.93. The molecule has 0 aliphatic carbocycles. The number of amides is 1. The van der Waals surface area contributed by atoms with Gasteiger partial charge in [-0.25, -0.2) is 4.79 Å². The number of carbonyl (C=O) groups excluding carboxylic acids is 1. The second-order valence-corrected chi connectivity index (χ2v) is 4.79. The van der Waals surface area contributed by atoms with Crippen molar-refractivity contribution in [1.29, 1.82) is 0 Å². The predicted octanol–water partition coefficient (Wildman–Crippen LogP) is 1.47. The van der Waals surface area contributed by atoms with E-state index in [2.05, 4.69) is 15.3 Å². The van der Waals surface area contributed by atoms with Crippen LogP contribution in [0.25, 0.3) is 11.0 Å². The summed E-state index contributed by atoms with van der Waals surface area (Å²) in [5.74, 6) is -1.68. The fraction of sp³-hybridized carbons (Fsp3) is 0.286. The lowest BCUT2D eigenvalue weighted by molar-refractivity contribution is -0.140. The first-order valence-electron chi connectivity index (χ1n) is 6.23. The van der Waals surface area contributed by atoms with Crippen molar-refractivity contribution in [3.05, 3.63) is 36.2 Å². The summed E-state index contributed by atoms with van der Waals surface area (Å²) in [5, 5.41) is 11.6. The number of hydrogen-bond acceptors (Lipinski definition) is 4. The first-order chi connectivity index (χ1) is 9.49. The van der Waals surface area contributed by atoms with Crippen LogP contribution in [-0.2, 0) is 4.79 Å². The number of carbonyl (C=O) groups is 2. The lowest BCUT2D eigenvalue weighted by Gasteiger charge is -2.17. The molecule has 6 nitrogen and oxygen atoms in total. The molecule has 0 fully saturated rings. The number of nitrogens with zero attached hydrogens (tertiary/aromatic N) is 2. The molecule has 1 aromatic heterocycles. The number of rotatable bonds is 4. The van der Waals surface area contributed by atoms with E-state index in [0.29, 0.717) is 16.6 Å². The number of benzene rings is 1. The van der Waals surface area contributed by atoms with Crippen molar-refractivity contribution in [2.45, 2.75) is 19.9 Å². The Hall–Kier alpha value is -2.50. The summed E-state index contributed by atoms with van der Waals surface area (Å²) >= 11 is 0. The highest BCUT2D eigenvalue weighted by molar-refractivity contribution is 5.99. The Morgan fingerprint density at radius 2 is 1.80 bits per heavy atom. The highest BCUT2D eigenvalue weighted by Crippen LogP contribution is 2.12. The zero-order chi connectivity index (χ0) is 14.7. The maximum atomic E-state index is 12.1. The average molecular weight is 273 g/mol. The average Bonchev–Trinajstić information content (AvgIpc) is 2.43. The molecule has 0 aliphatic rings. The monoisotopic (exact) mass is 273 g/mol. The van der Waals surface area contributed by atoms with Crippen LogP contribution in [-0.4, -0.2) is 33.0 Å². The highest BCUT2D eigenvalue weighted by Gasteiger charge is 2.23. The normalized spacial score (nSPS) is 12.3. The molecule has 0 saturated heterocycles. The highest BCUT2D eigenvalue weighted by atomic mass is 16.4. The Balaban J connectivity index is 2.24. The third kappa shape index (κ3) is 2.90. The van der Waals surface area contributed by atoms with Gasteiger partial charge in [0, 0.05) is 18.0 Å². The van der Waals surface area contributed by atoms with Gasteiger partial charge in [-0.2, -0.15) is 0 Å². The van der Waals surface area contributed by atoms with E-state index >= 15 is 0 Å². The van der Waals surface area contributed by atoms with E-state index in [4.69, 9.17) is 5.11 Å². The van der Waals surface area contributed by atoms with E-state index in [9.17, 15) is 9.59 Å². The molecule has 1 aromatic carbocycles. The fourth-order valence-electron chi connectivity index (χ4n) is 1.84. The van der Waals surface area contributed by atoms with Gasteiger partial charge < -0.3 is 10.4 Å². The van der Waals surface area contributed by atoms with Crippen molar-refractivity contribution in [1.82, 2.24) is 15.3 Å². The van der Waals surface area contributed by atoms with Gasteiger partial charge in [0.05, 0.1) is 11.0 Å². The van der Waals surface area contributed by atoms with Crippen molar-refractivity contribution in [2.75, 3.05) is 0 Å². The quantitative estimate of drug-likeness (QED) is 0.880. The van der Waals surface area contributed by atoms with Gasteiger partial charge in [-0.3, -0.25) is 14.8 Å². The second-order valence-electron chi connectivity index (χ2n) is 4.79. The third-order valence-electron chi connectivity index (χ3n) is 2.95. The minimum absolute atomic E-state index is 0.198. The molecule has 0 spiro atoms. The summed E-state index contributed by atoms with van der Waals surface area (Å²) in [4.78, 5) is 31.4. The molecular formula is C14H15N3O3. The summed E-state index contributed by atoms with van der Waals surface area (Å²) in [6.07, 6.45) is 3.11. The van der Waals surface area contributed by atoms with Crippen LogP contribution in [0.3, 0.4) is 0 Å². The molecule has 104 valence electrons. The van der Waals surface area contributed by atoms with E-state index in [-0.39, 0.29) is 5.92 Å². The minimum atomic E-state index is -1.05. The zero-order valence-electron chi connectivity index (χ0n) is 11.2. The third-order valence-corrected chi connectivity index (χ3v) is 2.95. The Labute approximate surface area is 115 Å². The second kappa shape index (κ2) is 5.64. The van der Waals surface area contributed by atoms with Gasteiger partial charge in [-0.05, 0) is 24.1 Å². The van der Waals surface area contributed by atoms with Crippen molar-refractivity contribution in [3.63, 3.8) is 0 Å². The van der Waals surface area contributed by atoms with Gasteiger partial charge in [-0.15, -0.1) is 0 Å². The molecule has 2 N–H and O–H groups in total. The van der Waals surface area contributed by atoms with E-state index in [0.717, 1.165) is 0 Å². The number of carboxylic acids is 1. The van der Waals surface area contributed by atoms with Gasteiger partial charge >= 0.3 is 5.97 Å². The summed E-state index contributed by atoms with van der Waals surface area (Å²) in [7, 11) is 0. The summed E-state index contributed by atoms with van der Waals surface area (Å²) in [5.41, 5.74) is 1.64. The molecule has 2 rings (SSSR count). The van der Waals surface area contributed by atoms with Crippen molar-refractivity contribution in [3.8, 4) is 0 Å². The van der Waals surface area contributed by atoms with Crippen LogP contribution < -0.4 is 5.32 Å². The predicted molar refractivity (Wildman–Crippen MR) is 73.3 cm³/mol. The van der Waals surface area contributed by atoms with Crippen LogP contribution in [0.15, 0.2) is 30.6 Å². The molecule has 1 atom stereocenters. The molecule has 0 saturated carbocycles. The van der Waals surface area contributed by atoms with E-state index in [1.165, 1.54) is 6.20 Å². The number of aromatic nitrogens is 2. The smallest absolute Gasteiger partial charge is 0.326 e. The van der Waals surface area contributed by atoms with Crippen LogP contribution in [0, 0.1) is 5.92 Å². The molecule has 20 heavy (non-hydrogen) atoms. The summed E-state index contributed by atoms with van der Waals surface area (Å²) < 4.78 is 0. The van der Waals surface area contributed by atoms with Crippen molar-refractivity contribution >= 4 is 22.9 Å². The minimum Gasteiger partial charge on any atom is -0.480 e. The van der Waals surface area contributed by atoms with Gasteiger partial charge in [0.2, 0.25) is 0 Å². The fourth-order valence-corrected chi connectivity index (χ4v) is 1.84. The van der Waals surface area contributed by atoms with E-state index < -0.39 is 17.9 Å². The molecular weight excluding hydrogens is 258 g/mol. The molecule has 0 aliphatic heterocycles. The Morgan fingerprint density at radius 3 is 2.40 bits per heavy atom. The van der Waals surface area contributed by atoms with Crippen LogP contribution in [0.1, 0.15) is 24.2 Å². The van der Waals surface area contributed by atoms with Crippen LogP contribution in [0.5, 0.6) is 0 Å². The zero-order valence-corrected chi connectivity index (χ0v) is 11.2. The maximum Gasteiger partial charge on any atom is 0.326 e. The van der Waals surface area contributed by atoms with Gasteiger partial charge in [0.1, 0.15) is 6.04 Å². The molecule has 1 amide bonds. The first kappa shape index (κ1) is 13.9. The van der Waals surface area contributed by atoms with E-state index in [1.54, 1.807) is 38.2 Å². The van der Waals surface area contributed by atoms with Crippen molar-refractivity contribution < 1.29 is 14.7 Å². The van der Waals surface area contributed by atoms with E-state index in [1.807, 2.05) is 0 Å². The van der Waals surface area contributed by atoms with Crippen LogP contribution in [0.4, 0.5) is 0 Å². The van der Waals surface area contributed by atoms with Gasteiger partial charge in [-0.1, -0.05) is 13.8 Å². The standard InChI is InChI=1S/C14H15N3O3/c1-8(2)12(14(19)20)17-13(18)9-3-4-10-11(7-9)16-6-5-15-10/h3-8,12H,1-2H3,(H,17,18)(H,19,20)/t12-/m0/s1. The molecule has 6 heteroatoms. The van der Waals surface area contributed by atoms with Gasteiger partial charge in [0.25, 0.3) is 5.91 Å². The van der Waals surface area contributed by atoms with Gasteiger partial charge in [0.15, 0.2) is 0 Å². The molecule has 2 aromatic rings. The summed E-state index contributed by atoms with van der Waals surface area (Å²) in [6, 6.07) is 3.96. The number of hydrogen-bond donors (Lipinski definition) is 2. The number of carboxylic acid groups (broad SMARTS) is 1. The number of fused-ring (bicyclic) bond motifs is 1. The largest absolute Gasteiger partial charge is 0.480 e. The first-order valence-corrected chi connectivity index (χ1v) is 6.23. The van der Waals surface area contributed by atoms with Crippen LogP contribution in [0.2, 0.25) is 0 Å². The van der Waals surface area contributed by atoms with Crippen molar-refractivity contribution in [2.24, 2.45) is 5.92 Å². The molecule has 0 radical (unpaired) electrons. The number of aliphatic carboxylic acids is 1. The number of nitrogens with one attached hydrogen (secondary N) is 1. The molecule has 0 bridgehead atoms. The SMILES string of the molecule is CC(C)[C@H](NC(=O)c1ccc2nccnc2c1)C(=O)O. The molecule has 0 unspecified atom stereocenters. The lowest BCUT2D eigenvalue weighted by Crippen LogP contribution is -2.44. The lowest BCUT2D eigenvalue weighted by atomic mass is 10.0. The Bertz CT molecular complexity index is 655. The topological polar surface area (TPSA) is 92.2 Å². The summed E-state index contributed by atoms with van der Waals surface area (Å²) in [6.45, 7) is 3.48. The Morgan fingerprint density at radius 1 is 1.15 bits per heavy atom.